The van der Waals surface area contributed by atoms with E-state index in [1.807, 2.05) is 61.5 Å². The van der Waals surface area contributed by atoms with Gasteiger partial charge in [-0.2, -0.15) is 0 Å². The van der Waals surface area contributed by atoms with E-state index in [4.69, 9.17) is 0 Å². The molecule has 29 heavy (non-hydrogen) atoms. The maximum Gasteiger partial charge on any atom is 0.241 e. The molecular formula is C23H24N2O3S. The molecule has 1 atom stereocenters. The zero-order valence-corrected chi connectivity index (χ0v) is 17.2. The van der Waals surface area contributed by atoms with Crippen molar-refractivity contribution in [2.24, 2.45) is 0 Å². The number of carbonyl (C=O) groups is 1. The molecule has 0 aliphatic rings. The van der Waals surface area contributed by atoms with Gasteiger partial charge in [-0.1, -0.05) is 66.7 Å². The van der Waals surface area contributed by atoms with Gasteiger partial charge in [-0.05, 0) is 41.3 Å². The van der Waals surface area contributed by atoms with Crippen LogP contribution in [0.25, 0.3) is 11.1 Å². The number of amides is 1. The van der Waals surface area contributed by atoms with E-state index in [1.54, 1.807) is 24.3 Å². The van der Waals surface area contributed by atoms with Crippen molar-refractivity contribution < 1.29 is 13.2 Å². The number of carbonyl (C=O) groups excluding carboxylic acids is 1. The summed E-state index contributed by atoms with van der Waals surface area (Å²) in [6, 6.07) is 24.0. The second kappa shape index (κ2) is 9.03. The first-order chi connectivity index (χ1) is 13.8. The van der Waals surface area contributed by atoms with Gasteiger partial charge in [0.25, 0.3) is 0 Å². The van der Waals surface area contributed by atoms with Gasteiger partial charge in [-0.25, -0.2) is 13.1 Å². The molecule has 0 heterocycles. The SMILES string of the molecule is CC(=O)NCc1ccc(S(=O)(=O)N[C@H](C)c2ccc(-c3ccccc3)cc2)cc1. The molecule has 0 aliphatic carbocycles. The van der Waals surface area contributed by atoms with Crippen molar-refractivity contribution in [2.45, 2.75) is 31.3 Å². The van der Waals surface area contributed by atoms with Crippen molar-refractivity contribution in [3.63, 3.8) is 0 Å². The van der Waals surface area contributed by atoms with Crippen LogP contribution in [0.5, 0.6) is 0 Å². The maximum absolute atomic E-state index is 12.7. The van der Waals surface area contributed by atoms with Gasteiger partial charge in [0.05, 0.1) is 4.90 Å². The van der Waals surface area contributed by atoms with Crippen molar-refractivity contribution in [3.8, 4) is 11.1 Å². The number of hydrogen-bond donors (Lipinski definition) is 2. The summed E-state index contributed by atoms with van der Waals surface area (Å²) in [6.07, 6.45) is 0. The molecule has 3 rings (SSSR count). The third kappa shape index (κ3) is 5.53. The average Bonchev–Trinajstić information content (AvgIpc) is 2.73. The molecule has 0 saturated carbocycles. The van der Waals surface area contributed by atoms with E-state index in [-0.39, 0.29) is 16.8 Å². The predicted molar refractivity (Wildman–Crippen MR) is 115 cm³/mol. The Labute approximate surface area is 171 Å². The molecule has 0 aliphatic heterocycles. The smallest absolute Gasteiger partial charge is 0.241 e. The van der Waals surface area contributed by atoms with Crippen molar-refractivity contribution in [3.05, 3.63) is 90.0 Å². The summed E-state index contributed by atoms with van der Waals surface area (Å²) in [5, 5.41) is 2.69. The fourth-order valence-electron chi connectivity index (χ4n) is 2.98. The molecule has 0 fully saturated rings. The zero-order valence-electron chi connectivity index (χ0n) is 16.4. The third-order valence-electron chi connectivity index (χ3n) is 4.62. The van der Waals surface area contributed by atoms with E-state index < -0.39 is 10.0 Å². The Bertz CT molecular complexity index is 1060. The Kier molecular flexibility index (Phi) is 6.46. The highest BCUT2D eigenvalue weighted by molar-refractivity contribution is 7.89. The van der Waals surface area contributed by atoms with Gasteiger partial charge >= 0.3 is 0 Å². The summed E-state index contributed by atoms with van der Waals surface area (Å²) in [4.78, 5) is 11.2. The van der Waals surface area contributed by atoms with E-state index in [0.29, 0.717) is 6.54 Å². The van der Waals surface area contributed by atoms with Gasteiger partial charge in [-0.3, -0.25) is 4.79 Å². The zero-order chi connectivity index (χ0) is 20.9. The van der Waals surface area contributed by atoms with E-state index >= 15 is 0 Å². The molecule has 3 aromatic rings. The van der Waals surface area contributed by atoms with E-state index in [9.17, 15) is 13.2 Å². The highest BCUT2D eigenvalue weighted by Crippen LogP contribution is 2.23. The Morgan fingerprint density at radius 2 is 1.45 bits per heavy atom. The average molecular weight is 409 g/mol. The fourth-order valence-corrected chi connectivity index (χ4v) is 4.21. The third-order valence-corrected chi connectivity index (χ3v) is 6.18. The number of rotatable bonds is 7. The standard InChI is InChI=1S/C23H24N2O3S/c1-17(20-10-12-22(13-11-20)21-6-4-3-5-7-21)25-29(27,28)23-14-8-19(9-15-23)16-24-18(2)26/h3-15,17,25H,16H2,1-2H3,(H,24,26)/t17-/m1/s1. The molecule has 150 valence electrons. The molecule has 3 aromatic carbocycles. The van der Waals surface area contributed by atoms with E-state index in [0.717, 1.165) is 22.3 Å². The normalized spacial score (nSPS) is 12.3. The molecule has 6 heteroatoms. The lowest BCUT2D eigenvalue weighted by molar-refractivity contribution is -0.119. The molecule has 0 aromatic heterocycles. The Hall–Kier alpha value is -2.96. The van der Waals surface area contributed by atoms with Gasteiger partial charge in [0.1, 0.15) is 0 Å². The second-order valence-corrected chi connectivity index (χ2v) is 8.60. The Balaban J connectivity index is 1.69. The number of sulfonamides is 1. The maximum atomic E-state index is 12.7. The molecular weight excluding hydrogens is 384 g/mol. The second-order valence-electron chi connectivity index (χ2n) is 6.88. The van der Waals surface area contributed by atoms with Crippen LogP contribution in [0.2, 0.25) is 0 Å². The number of nitrogens with one attached hydrogen (secondary N) is 2. The summed E-state index contributed by atoms with van der Waals surface area (Å²) in [5.74, 6) is -0.129. The quantitative estimate of drug-likeness (QED) is 0.620. The molecule has 1 amide bonds. The minimum atomic E-state index is -3.66. The predicted octanol–water partition coefficient (Wildman–Crippen LogP) is 4.03. The highest BCUT2D eigenvalue weighted by Gasteiger charge is 2.18. The molecule has 2 N–H and O–H groups in total. The first kappa shape index (κ1) is 20.8. The highest BCUT2D eigenvalue weighted by atomic mass is 32.2. The lowest BCUT2D eigenvalue weighted by Crippen LogP contribution is -2.27. The first-order valence-corrected chi connectivity index (χ1v) is 10.8. The summed E-state index contributed by atoms with van der Waals surface area (Å²) < 4.78 is 28.1. The summed E-state index contributed by atoms with van der Waals surface area (Å²) in [6.45, 7) is 3.63. The van der Waals surface area contributed by atoms with Crippen molar-refractivity contribution >= 4 is 15.9 Å². The van der Waals surface area contributed by atoms with Gasteiger partial charge < -0.3 is 5.32 Å². The minimum Gasteiger partial charge on any atom is -0.352 e. The minimum absolute atomic E-state index is 0.129. The van der Waals surface area contributed by atoms with Crippen LogP contribution in [0.15, 0.2) is 83.8 Å². The monoisotopic (exact) mass is 408 g/mol. The van der Waals surface area contributed by atoms with Crippen LogP contribution in [-0.2, 0) is 21.4 Å². The lowest BCUT2D eigenvalue weighted by atomic mass is 10.0. The van der Waals surface area contributed by atoms with Crippen LogP contribution in [0, 0.1) is 0 Å². The van der Waals surface area contributed by atoms with Crippen molar-refractivity contribution in [2.75, 3.05) is 0 Å². The molecule has 0 unspecified atom stereocenters. The molecule has 0 spiro atoms. The Morgan fingerprint density at radius 1 is 0.862 bits per heavy atom. The van der Waals surface area contributed by atoms with Crippen LogP contribution in [0.3, 0.4) is 0 Å². The van der Waals surface area contributed by atoms with Crippen molar-refractivity contribution in [1.29, 1.82) is 0 Å². The molecule has 5 nitrogen and oxygen atoms in total. The van der Waals surface area contributed by atoms with Crippen LogP contribution in [-0.4, -0.2) is 14.3 Å². The van der Waals surface area contributed by atoms with Crippen molar-refractivity contribution in [1.82, 2.24) is 10.0 Å². The molecule has 0 saturated heterocycles. The summed E-state index contributed by atoms with van der Waals surface area (Å²) >= 11 is 0. The number of benzene rings is 3. The Morgan fingerprint density at radius 3 is 2.03 bits per heavy atom. The van der Waals surface area contributed by atoms with Crippen LogP contribution < -0.4 is 10.0 Å². The van der Waals surface area contributed by atoms with E-state index in [1.165, 1.54) is 6.92 Å². The summed E-state index contributed by atoms with van der Waals surface area (Å²) in [5.41, 5.74) is 3.92. The van der Waals surface area contributed by atoms with E-state index in [2.05, 4.69) is 10.0 Å². The van der Waals surface area contributed by atoms with Crippen LogP contribution >= 0.6 is 0 Å². The van der Waals surface area contributed by atoms with Gasteiger partial charge in [-0.15, -0.1) is 0 Å². The summed E-state index contributed by atoms with van der Waals surface area (Å²) in [7, 11) is -3.66. The molecule has 0 bridgehead atoms. The largest absolute Gasteiger partial charge is 0.352 e. The van der Waals surface area contributed by atoms with Crippen LogP contribution in [0.4, 0.5) is 0 Å². The first-order valence-electron chi connectivity index (χ1n) is 9.36. The van der Waals surface area contributed by atoms with Gasteiger partial charge in [0, 0.05) is 19.5 Å². The van der Waals surface area contributed by atoms with Gasteiger partial charge in [0.2, 0.25) is 15.9 Å². The fraction of sp³-hybridized carbons (Fsp3) is 0.174. The lowest BCUT2D eigenvalue weighted by Gasteiger charge is -2.15. The van der Waals surface area contributed by atoms with Crippen LogP contribution in [0.1, 0.15) is 31.0 Å². The topological polar surface area (TPSA) is 75.3 Å². The number of hydrogen-bond acceptors (Lipinski definition) is 3. The van der Waals surface area contributed by atoms with Gasteiger partial charge in [0.15, 0.2) is 0 Å². The molecule has 0 radical (unpaired) electrons.